The number of pyridine rings is 1. The van der Waals surface area contributed by atoms with E-state index in [1.165, 1.54) is 0 Å². The topological polar surface area (TPSA) is 76.5 Å². The lowest BCUT2D eigenvalue weighted by atomic mass is 10.1. The van der Waals surface area contributed by atoms with Gasteiger partial charge in [0.25, 0.3) is 0 Å². The Morgan fingerprint density at radius 1 is 1.07 bits per heavy atom. The zero-order valence-corrected chi connectivity index (χ0v) is 19.6. The quantitative estimate of drug-likeness (QED) is 0.516. The van der Waals surface area contributed by atoms with E-state index in [2.05, 4.69) is 24.1 Å². The molecule has 0 radical (unpaired) electrons. The van der Waals surface area contributed by atoms with Crippen LogP contribution in [0.15, 0.2) is 29.6 Å². The third-order valence-corrected chi connectivity index (χ3v) is 4.70. The smallest absolute Gasteiger partial charge is 0.183 e. The summed E-state index contributed by atoms with van der Waals surface area (Å²) in [5.74, 6) is 1.40. The Kier molecular flexibility index (Phi) is 6.24. The number of aliphatic hydroxyl groups is 1. The van der Waals surface area contributed by atoms with Crippen molar-refractivity contribution in [2.24, 2.45) is 0 Å². The second-order valence-corrected chi connectivity index (χ2v) is 10.2. The van der Waals surface area contributed by atoms with E-state index in [9.17, 15) is 5.11 Å². The largest absolute Gasteiger partial charge is 0.491 e. The van der Waals surface area contributed by atoms with E-state index in [1.807, 2.05) is 50.4 Å². The second kappa shape index (κ2) is 8.40. The average Bonchev–Trinajstić information content (AvgIpc) is 3.05. The number of benzene rings is 1. The van der Waals surface area contributed by atoms with Crippen molar-refractivity contribution in [3.05, 3.63) is 29.6 Å². The Labute approximate surface area is 182 Å². The number of hydrogen-bond acceptors (Lipinski definition) is 7. The van der Waals surface area contributed by atoms with Crippen molar-refractivity contribution in [3.8, 4) is 22.9 Å². The van der Waals surface area contributed by atoms with Crippen LogP contribution in [0.2, 0.25) is 0 Å². The van der Waals surface area contributed by atoms with Gasteiger partial charge in [0.1, 0.15) is 29.4 Å². The number of aromatic nitrogens is 2. The highest BCUT2D eigenvalue weighted by atomic mass is 32.1. The first kappa shape index (κ1) is 22.3. The highest BCUT2D eigenvalue weighted by molar-refractivity contribution is 7.14. The number of nitrogens with zero attached hydrogens (tertiary/aromatic N) is 2. The lowest BCUT2D eigenvalue weighted by Crippen LogP contribution is -2.27. The molecule has 0 fully saturated rings. The van der Waals surface area contributed by atoms with Gasteiger partial charge in [0.2, 0.25) is 0 Å². The number of nitrogens with one attached hydrogen (secondary N) is 1. The van der Waals surface area contributed by atoms with E-state index in [4.69, 9.17) is 14.5 Å². The molecule has 0 spiro atoms. The van der Waals surface area contributed by atoms with Crippen molar-refractivity contribution < 1.29 is 14.6 Å². The fraction of sp³-hybridized carbons (Fsp3) is 0.478. The molecule has 2 N–H and O–H groups in total. The zero-order valence-electron chi connectivity index (χ0n) is 18.7. The lowest BCUT2D eigenvalue weighted by molar-refractivity contribution is 0.0285. The van der Waals surface area contributed by atoms with Crippen LogP contribution in [0.4, 0.5) is 5.13 Å². The van der Waals surface area contributed by atoms with Crippen LogP contribution in [0.5, 0.6) is 11.5 Å². The van der Waals surface area contributed by atoms with Gasteiger partial charge in [-0.05, 0) is 60.6 Å². The van der Waals surface area contributed by atoms with Crippen LogP contribution in [-0.4, -0.2) is 38.9 Å². The molecule has 0 aliphatic carbocycles. The van der Waals surface area contributed by atoms with Gasteiger partial charge in [0.05, 0.1) is 16.8 Å². The third kappa shape index (κ3) is 6.06. The van der Waals surface area contributed by atoms with E-state index in [-0.39, 0.29) is 12.2 Å². The molecule has 6 nitrogen and oxygen atoms in total. The molecule has 2 heterocycles. The number of thiazole rings is 1. The van der Waals surface area contributed by atoms with E-state index in [0.29, 0.717) is 11.8 Å². The molecule has 0 unspecified atom stereocenters. The summed E-state index contributed by atoms with van der Waals surface area (Å²) in [6, 6.07) is 7.95. The molecule has 3 rings (SSSR count). The summed E-state index contributed by atoms with van der Waals surface area (Å²) in [5, 5.41) is 17.0. The molecule has 0 bridgehead atoms. The summed E-state index contributed by atoms with van der Waals surface area (Å²) in [6.45, 7) is 13.8. The zero-order chi connectivity index (χ0) is 22.1. The molecule has 162 valence electrons. The predicted octanol–water partition coefficient (Wildman–Crippen LogP) is 5.51. The molecule has 0 aliphatic rings. The number of fused-ring (bicyclic) bond motifs is 1. The minimum atomic E-state index is -0.912. The van der Waals surface area contributed by atoms with Crippen molar-refractivity contribution >= 4 is 27.4 Å². The molecule has 0 atom stereocenters. The van der Waals surface area contributed by atoms with E-state index in [1.54, 1.807) is 25.2 Å². The number of anilines is 1. The van der Waals surface area contributed by atoms with Gasteiger partial charge in [-0.1, -0.05) is 0 Å². The van der Waals surface area contributed by atoms with Crippen molar-refractivity contribution in [2.75, 3.05) is 11.9 Å². The first-order valence-electron chi connectivity index (χ1n) is 10.1. The molecule has 2 aromatic heterocycles. The molecule has 0 saturated heterocycles. The minimum Gasteiger partial charge on any atom is -0.491 e. The molecule has 7 heteroatoms. The number of rotatable bonds is 7. The average molecular weight is 430 g/mol. The molecular formula is C23H31N3O3S. The first-order chi connectivity index (χ1) is 13.9. The third-order valence-electron chi connectivity index (χ3n) is 3.93. The molecule has 0 aliphatic heterocycles. The van der Waals surface area contributed by atoms with Crippen molar-refractivity contribution in [2.45, 2.75) is 65.7 Å². The monoisotopic (exact) mass is 429 g/mol. The SMILES string of the molecule is CC(C)Nc1nc(-c2cc(OC(C)(C)C)c3ccc(OCC(C)(C)O)cc3n2)cs1. The van der Waals surface area contributed by atoms with Gasteiger partial charge < -0.3 is 19.9 Å². The maximum absolute atomic E-state index is 9.95. The maximum Gasteiger partial charge on any atom is 0.183 e. The number of ether oxygens (including phenoxy) is 2. The fourth-order valence-electron chi connectivity index (χ4n) is 2.78. The Balaban J connectivity index is 2.04. The van der Waals surface area contributed by atoms with E-state index >= 15 is 0 Å². The Bertz CT molecular complexity index is 1020. The van der Waals surface area contributed by atoms with Gasteiger partial charge in [-0.25, -0.2) is 9.97 Å². The van der Waals surface area contributed by atoms with Crippen molar-refractivity contribution in [3.63, 3.8) is 0 Å². The van der Waals surface area contributed by atoms with Crippen LogP contribution in [0.25, 0.3) is 22.3 Å². The van der Waals surface area contributed by atoms with Crippen LogP contribution in [0.1, 0.15) is 48.5 Å². The minimum absolute atomic E-state index is 0.194. The maximum atomic E-state index is 9.95. The first-order valence-corrected chi connectivity index (χ1v) is 11.0. The Hall–Kier alpha value is -2.38. The lowest BCUT2D eigenvalue weighted by Gasteiger charge is -2.23. The summed E-state index contributed by atoms with van der Waals surface area (Å²) in [4.78, 5) is 9.51. The highest BCUT2D eigenvalue weighted by Crippen LogP contribution is 2.35. The molecular weight excluding hydrogens is 398 g/mol. The standard InChI is InChI=1S/C23H31N3O3S/c1-14(2)24-21-26-19(12-30-21)18-11-20(29-22(3,4)5)16-9-8-15(10-17(16)25-18)28-13-23(6,7)27/h8-12,14,27H,13H2,1-7H3,(H,24,26). The Morgan fingerprint density at radius 3 is 2.43 bits per heavy atom. The van der Waals surface area contributed by atoms with E-state index < -0.39 is 5.60 Å². The van der Waals surface area contributed by atoms with Crippen LogP contribution in [0.3, 0.4) is 0 Å². The summed E-state index contributed by atoms with van der Waals surface area (Å²) in [6.07, 6.45) is 0. The summed E-state index contributed by atoms with van der Waals surface area (Å²) >= 11 is 1.56. The van der Waals surface area contributed by atoms with Gasteiger partial charge in [0.15, 0.2) is 5.13 Å². The molecule has 1 aromatic carbocycles. The van der Waals surface area contributed by atoms with Crippen molar-refractivity contribution in [1.29, 1.82) is 0 Å². The van der Waals surface area contributed by atoms with Crippen LogP contribution in [0, 0.1) is 0 Å². The molecule has 0 saturated carbocycles. The highest BCUT2D eigenvalue weighted by Gasteiger charge is 2.19. The van der Waals surface area contributed by atoms with Crippen LogP contribution >= 0.6 is 11.3 Å². The number of hydrogen-bond donors (Lipinski definition) is 2. The summed E-state index contributed by atoms with van der Waals surface area (Å²) < 4.78 is 12.0. The van der Waals surface area contributed by atoms with Gasteiger partial charge in [0, 0.05) is 28.9 Å². The van der Waals surface area contributed by atoms with Gasteiger partial charge in [-0.15, -0.1) is 11.3 Å². The molecule has 0 amide bonds. The molecule has 3 aromatic rings. The normalized spacial score (nSPS) is 12.4. The van der Waals surface area contributed by atoms with E-state index in [0.717, 1.165) is 33.2 Å². The van der Waals surface area contributed by atoms with Gasteiger partial charge >= 0.3 is 0 Å². The Morgan fingerprint density at radius 2 is 1.80 bits per heavy atom. The fourth-order valence-corrected chi connectivity index (χ4v) is 3.63. The van der Waals surface area contributed by atoms with Crippen LogP contribution < -0.4 is 14.8 Å². The summed E-state index contributed by atoms with van der Waals surface area (Å²) in [7, 11) is 0. The second-order valence-electron chi connectivity index (χ2n) is 9.34. The van der Waals surface area contributed by atoms with Gasteiger partial charge in [-0.3, -0.25) is 0 Å². The summed E-state index contributed by atoms with van der Waals surface area (Å²) in [5.41, 5.74) is 1.03. The van der Waals surface area contributed by atoms with Gasteiger partial charge in [-0.2, -0.15) is 0 Å². The predicted molar refractivity (Wildman–Crippen MR) is 124 cm³/mol. The van der Waals surface area contributed by atoms with Crippen molar-refractivity contribution in [1.82, 2.24) is 9.97 Å². The molecule has 30 heavy (non-hydrogen) atoms. The van der Waals surface area contributed by atoms with Crippen LogP contribution in [-0.2, 0) is 0 Å².